The molecule has 0 heterocycles. The van der Waals surface area contributed by atoms with Crippen LogP contribution < -0.4 is 16.1 Å². The minimum atomic E-state index is -2.19. The molecular weight excluding hydrogens is 140 g/mol. The molecule has 0 aliphatic heterocycles. The normalized spacial score (nSPS) is 8.00. The van der Waals surface area contributed by atoms with E-state index >= 15 is 0 Å². The summed E-state index contributed by atoms with van der Waals surface area (Å²) in [5.74, 6) is 0.574. The van der Waals surface area contributed by atoms with E-state index in [1.54, 1.807) is 14.1 Å². The Hall–Kier alpha value is -1.14. The van der Waals surface area contributed by atoms with E-state index in [0.717, 1.165) is 0 Å². The van der Waals surface area contributed by atoms with Crippen LogP contribution in [0.15, 0.2) is 0 Å². The SMILES string of the molecule is CN(C)N.O=C([O-])C(=O)[O-]. The molecule has 0 spiro atoms. The number of carbonyl (C=O) groups excluding carboxylic acids is 2. The van der Waals surface area contributed by atoms with Gasteiger partial charge in [-0.3, -0.25) is 10.9 Å². The standard InChI is InChI=1S/C2H8N2.C2H2O4/c1-4(2)3;3-1(4)2(5)6/h3H2,1-2H3;(H,3,4)(H,5,6)/p-2. The van der Waals surface area contributed by atoms with E-state index in [2.05, 4.69) is 0 Å². The Bertz CT molecular complexity index is 108. The lowest BCUT2D eigenvalue weighted by Crippen LogP contribution is -2.42. The number of hydrogen-bond acceptors (Lipinski definition) is 6. The van der Waals surface area contributed by atoms with Crippen molar-refractivity contribution in [1.82, 2.24) is 5.01 Å². The summed E-state index contributed by atoms with van der Waals surface area (Å²) >= 11 is 0. The monoisotopic (exact) mass is 148 g/mol. The topological polar surface area (TPSA) is 110 Å². The molecule has 0 radical (unpaired) electrons. The van der Waals surface area contributed by atoms with Gasteiger partial charge in [-0.2, -0.15) is 0 Å². The van der Waals surface area contributed by atoms with E-state index in [1.807, 2.05) is 0 Å². The van der Waals surface area contributed by atoms with Gasteiger partial charge in [0, 0.05) is 14.1 Å². The Kier molecular flexibility index (Phi) is 6.96. The molecule has 0 saturated heterocycles. The fraction of sp³-hybridized carbons (Fsp3) is 0.500. The first-order valence-electron chi connectivity index (χ1n) is 2.22. The highest BCUT2D eigenvalue weighted by Crippen LogP contribution is 1.41. The average molecular weight is 148 g/mol. The van der Waals surface area contributed by atoms with Crippen LogP contribution in [0.5, 0.6) is 0 Å². The Labute approximate surface area is 57.8 Å². The lowest BCUT2D eigenvalue weighted by molar-refractivity contribution is -0.345. The minimum Gasteiger partial charge on any atom is -0.543 e. The fourth-order valence-corrected chi connectivity index (χ4v) is 0. The van der Waals surface area contributed by atoms with Gasteiger partial charge >= 0.3 is 0 Å². The molecule has 0 bridgehead atoms. The Morgan fingerprint density at radius 2 is 1.30 bits per heavy atom. The Balaban J connectivity index is 0. The predicted octanol–water partition coefficient (Wildman–Crippen LogP) is -4.09. The number of rotatable bonds is 0. The second kappa shape index (κ2) is 5.99. The summed E-state index contributed by atoms with van der Waals surface area (Å²) in [5.41, 5.74) is 0. The molecule has 0 aromatic carbocycles. The summed E-state index contributed by atoms with van der Waals surface area (Å²) < 4.78 is 0. The van der Waals surface area contributed by atoms with Crippen molar-refractivity contribution in [3.05, 3.63) is 0 Å². The quantitative estimate of drug-likeness (QED) is 0.212. The molecule has 0 amide bonds. The number of hydrazine groups is 1. The van der Waals surface area contributed by atoms with Crippen molar-refractivity contribution in [1.29, 1.82) is 0 Å². The van der Waals surface area contributed by atoms with Crippen molar-refractivity contribution in [2.75, 3.05) is 14.1 Å². The van der Waals surface area contributed by atoms with Gasteiger partial charge in [-0.1, -0.05) is 0 Å². The number of hydrogen-bond donors (Lipinski definition) is 1. The van der Waals surface area contributed by atoms with E-state index in [9.17, 15) is 0 Å². The molecule has 0 aliphatic rings. The van der Waals surface area contributed by atoms with Gasteiger partial charge in [-0.05, 0) is 0 Å². The number of nitrogens with zero attached hydrogens (tertiary/aromatic N) is 1. The highest BCUT2D eigenvalue weighted by molar-refractivity contribution is 6.25. The van der Waals surface area contributed by atoms with Crippen molar-refractivity contribution in [3.8, 4) is 0 Å². The maximum absolute atomic E-state index is 8.93. The summed E-state index contributed by atoms with van der Waals surface area (Å²) in [6.45, 7) is 0. The number of carboxylic acids is 2. The van der Waals surface area contributed by atoms with Gasteiger partial charge in [-0.15, -0.1) is 0 Å². The van der Waals surface area contributed by atoms with E-state index in [4.69, 9.17) is 25.6 Å². The molecule has 6 heteroatoms. The molecule has 0 aromatic rings. The maximum Gasteiger partial charge on any atom is 0.0870 e. The summed E-state index contributed by atoms with van der Waals surface area (Å²) in [6.07, 6.45) is 0. The van der Waals surface area contributed by atoms with Crippen LogP contribution in [0.4, 0.5) is 0 Å². The summed E-state index contributed by atoms with van der Waals surface area (Å²) in [4.78, 5) is 17.9. The smallest absolute Gasteiger partial charge is 0.0870 e. The van der Waals surface area contributed by atoms with Crippen LogP contribution in [0.3, 0.4) is 0 Å². The van der Waals surface area contributed by atoms with Crippen molar-refractivity contribution >= 4 is 11.9 Å². The molecule has 0 unspecified atom stereocenters. The molecule has 0 saturated carbocycles. The van der Waals surface area contributed by atoms with Crippen LogP contribution >= 0.6 is 0 Å². The molecule has 6 nitrogen and oxygen atoms in total. The van der Waals surface area contributed by atoms with Gasteiger partial charge in [0.1, 0.15) is 0 Å². The van der Waals surface area contributed by atoms with Gasteiger partial charge < -0.3 is 19.8 Å². The summed E-state index contributed by atoms with van der Waals surface area (Å²) in [7, 11) is 3.56. The summed E-state index contributed by atoms with van der Waals surface area (Å²) in [6, 6.07) is 0. The van der Waals surface area contributed by atoms with Crippen LogP contribution in [0.25, 0.3) is 0 Å². The van der Waals surface area contributed by atoms with Crippen LogP contribution in [0, 0.1) is 0 Å². The molecular formula is C4H8N2O4-2. The number of nitrogens with two attached hydrogens (primary N) is 1. The third-order valence-corrected chi connectivity index (χ3v) is 0.167. The maximum atomic E-state index is 8.93. The van der Waals surface area contributed by atoms with Gasteiger partial charge in [0.15, 0.2) is 0 Å². The van der Waals surface area contributed by atoms with E-state index in [0.29, 0.717) is 0 Å². The van der Waals surface area contributed by atoms with E-state index < -0.39 is 11.9 Å². The molecule has 0 atom stereocenters. The first kappa shape index (κ1) is 11.6. The molecule has 2 N–H and O–H groups in total. The lowest BCUT2D eigenvalue weighted by Gasteiger charge is -1.97. The van der Waals surface area contributed by atoms with E-state index in [1.165, 1.54) is 5.01 Å². The van der Waals surface area contributed by atoms with E-state index in [-0.39, 0.29) is 0 Å². The van der Waals surface area contributed by atoms with Crippen molar-refractivity contribution in [2.24, 2.45) is 5.84 Å². The Morgan fingerprint density at radius 1 is 1.20 bits per heavy atom. The zero-order valence-electron chi connectivity index (χ0n) is 5.66. The zero-order valence-corrected chi connectivity index (χ0v) is 5.66. The van der Waals surface area contributed by atoms with Gasteiger partial charge in [0.2, 0.25) is 0 Å². The first-order valence-corrected chi connectivity index (χ1v) is 2.22. The molecule has 0 aromatic heterocycles. The van der Waals surface area contributed by atoms with Gasteiger partial charge in [0.05, 0.1) is 11.9 Å². The second-order valence-corrected chi connectivity index (χ2v) is 1.54. The first-order chi connectivity index (χ1) is 4.37. The molecule has 0 rings (SSSR count). The molecule has 60 valence electrons. The van der Waals surface area contributed by atoms with Gasteiger partial charge in [0.25, 0.3) is 0 Å². The van der Waals surface area contributed by atoms with Crippen molar-refractivity contribution in [2.45, 2.75) is 0 Å². The van der Waals surface area contributed by atoms with Crippen molar-refractivity contribution in [3.63, 3.8) is 0 Å². The molecule has 10 heavy (non-hydrogen) atoms. The highest BCUT2D eigenvalue weighted by Gasteiger charge is 1.74. The zero-order chi connectivity index (χ0) is 8.73. The highest BCUT2D eigenvalue weighted by atomic mass is 16.4. The van der Waals surface area contributed by atoms with Crippen molar-refractivity contribution < 1.29 is 19.8 Å². The molecule has 0 aliphatic carbocycles. The second-order valence-electron chi connectivity index (χ2n) is 1.54. The third-order valence-electron chi connectivity index (χ3n) is 0.167. The predicted molar refractivity (Wildman–Crippen MR) is 27.9 cm³/mol. The minimum absolute atomic E-state index is 1.50. The third kappa shape index (κ3) is 28.8. The average Bonchev–Trinajstić information content (AvgIpc) is 1.63. The Morgan fingerprint density at radius 3 is 1.30 bits per heavy atom. The van der Waals surface area contributed by atoms with Crippen LogP contribution in [0.1, 0.15) is 0 Å². The van der Waals surface area contributed by atoms with Crippen LogP contribution in [0.2, 0.25) is 0 Å². The van der Waals surface area contributed by atoms with Crippen LogP contribution in [-0.2, 0) is 9.59 Å². The number of carboxylic acid groups (broad SMARTS) is 2. The summed E-state index contributed by atoms with van der Waals surface area (Å²) in [5, 5.41) is 19.4. The largest absolute Gasteiger partial charge is 0.543 e. The lowest BCUT2D eigenvalue weighted by atomic mass is 10.7. The fourth-order valence-electron chi connectivity index (χ4n) is 0. The number of aliphatic carboxylic acids is 2. The molecule has 0 fully saturated rings. The van der Waals surface area contributed by atoms with Crippen LogP contribution in [-0.4, -0.2) is 31.0 Å². The number of carbonyl (C=O) groups is 2. The van der Waals surface area contributed by atoms with Gasteiger partial charge in [-0.25, -0.2) is 0 Å².